The first-order valence-electron chi connectivity index (χ1n) is 6.68. The number of carbonyl (C=O) groups is 1. The second-order valence-corrected chi connectivity index (χ2v) is 5.15. The minimum atomic E-state index is 0.109. The monoisotopic (exact) mass is 251 g/mol. The summed E-state index contributed by atoms with van der Waals surface area (Å²) in [5, 5.41) is 2.90. The number of benzene rings is 2. The van der Waals surface area contributed by atoms with Crippen LogP contribution in [-0.2, 0) is 24.1 Å². The van der Waals surface area contributed by atoms with Gasteiger partial charge in [-0.2, -0.15) is 0 Å². The minimum Gasteiger partial charge on any atom is -0.326 e. The third-order valence-electron chi connectivity index (χ3n) is 3.69. The van der Waals surface area contributed by atoms with Crippen molar-refractivity contribution in [3.05, 3.63) is 64.7 Å². The second kappa shape index (κ2) is 4.88. The van der Waals surface area contributed by atoms with Gasteiger partial charge in [-0.05, 0) is 42.5 Å². The lowest BCUT2D eigenvalue weighted by atomic mass is 9.98. The van der Waals surface area contributed by atoms with Gasteiger partial charge in [0.05, 0.1) is 6.42 Å². The third kappa shape index (κ3) is 2.53. The lowest BCUT2D eigenvalue weighted by Crippen LogP contribution is -2.03. The van der Waals surface area contributed by atoms with E-state index in [0.29, 0.717) is 6.42 Å². The number of amides is 1. The highest BCUT2D eigenvalue weighted by molar-refractivity contribution is 5.99. The normalized spacial score (nSPS) is 13.2. The van der Waals surface area contributed by atoms with Gasteiger partial charge in [-0.25, -0.2) is 0 Å². The van der Waals surface area contributed by atoms with Crippen molar-refractivity contribution in [2.75, 3.05) is 5.32 Å². The number of anilines is 1. The predicted molar refractivity (Wildman–Crippen MR) is 77.4 cm³/mol. The van der Waals surface area contributed by atoms with E-state index in [1.807, 2.05) is 12.1 Å². The Labute approximate surface area is 113 Å². The smallest absolute Gasteiger partial charge is 0.228 e. The van der Waals surface area contributed by atoms with Crippen LogP contribution < -0.4 is 5.32 Å². The van der Waals surface area contributed by atoms with Gasteiger partial charge in [-0.15, -0.1) is 0 Å². The highest BCUT2D eigenvalue weighted by Crippen LogP contribution is 2.27. The highest BCUT2D eigenvalue weighted by Gasteiger charge is 2.19. The molecule has 0 saturated heterocycles. The number of fused-ring (bicyclic) bond motifs is 1. The second-order valence-electron chi connectivity index (χ2n) is 5.15. The van der Waals surface area contributed by atoms with Crippen molar-refractivity contribution in [1.82, 2.24) is 0 Å². The van der Waals surface area contributed by atoms with Gasteiger partial charge < -0.3 is 5.32 Å². The van der Waals surface area contributed by atoms with Gasteiger partial charge in [0, 0.05) is 5.69 Å². The van der Waals surface area contributed by atoms with E-state index in [4.69, 9.17) is 0 Å². The van der Waals surface area contributed by atoms with Crippen molar-refractivity contribution in [3.63, 3.8) is 0 Å². The molecule has 2 nitrogen and oxygen atoms in total. The van der Waals surface area contributed by atoms with E-state index in [-0.39, 0.29) is 5.91 Å². The summed E-state index contributed by atoms with van der Waals surface area (Å²) in [7, 11) is 0. The number of aryl methyl sites for hydroxylation is 3. The van der Waals surface area contributed by atoms with Crippen molar-refractivity contribution in [1.29, 1.82) is 0 Å². The number of hydrogen-bond acceptors (Lipinski definition) is 1. The first-order valence-corrected chi connectivity index (χ1v) is 6.68. The summed E-state index contributed by atoms with van der Waals surface area (Å²) in [6, 6.07) is 14.8. The van der Waals surface area contributed by atoms with Crippen molar-refractivity contribution in [3.8, 4) is 0 Å². The molecule has 96 valence electrons. The molecular weight excluding hydrogens is 234 g/mol. The Kier molecular flexibility index (Phi) is 3.08. The summed E-state index contributed by atoms with van der Waals surface area (Å²) in [6.07, 6.45) is 2.53. The largest absolute Gasteiger partial charge is 0.326 e. The van der Waals surface area contributed by atoms with E-state index in [2.05, 4.69) is 42.6 Å². The van der Waals surface area contributed by atoms with Crippen LogP contribution in [0.4, 0.5) is 5.69 Å². The minimum absolute atomic E-state index is 0.109. The Bertz CT molecular complexity index is 614. The van der Waals surface area contributed by atoms with E-state index in [1.54, 1.807) is 0 Å². The van der Waals surface area contributed by atoms with Crippen LogP contribution in [0.5, 0.6) is 0 Å². The summed E-state index contributed by atoms with van der Waals surface area (Å²) >= 11 is 0. The maximum atomic E-state index is 11.5. The predicted octanol–water partition coefficient (Wildman–Crippen LogP) is 3.27. The van der Waals surface area contributed by atoms with Crippen molar-refractivity contribution in [2.45, 2.75) is 26.2 Å². The average Bonchev–Trinajstić information content (AvgIpc) is 2.79. The van der Waals surface area contributed by atoms with Gasteiger partial charge in [0.25, 0.3) is 0 Å². The molecule has 0 saturated carbocycles. The van der Waals surface area contributed by atoms with Gasteiger partial charge in [0.2, 0.25) is 5.91 Å². The molecule has 1 aliphatic heterocycles. The standard InChI is InChI=1S/C17H17NO/c1-12-5-7-13(8-6-12)9-10-14-3-2-4-16-15(14)11-17(19)18-16/h2-8H,9-11H2,1H3,(H,18,19). The molecule has 0 bridgehead atoms. The van der Waals surface area contributed by atoms with E-state index in [0.717, 1.165) is 18.5 Å². The van der Waals surface area contributed by atoms with Crippen LogP contribution in [0, 0.1) is 6.92 Å². The fourth-order valence-electron chi connectivity index (χ4n) is 2.58. The van der Waals surface area contributed by atoms with Crippen molar-refractivity contribution in [2.24, 2.45) is 0 Å². The molecule has 0 unspecified atom stereocenters. The van der Waals surface area contributed by atoms with Crippen molar-refractivity contribution >= 4 is 11.6 Å². The molecule has 0 fully saturated rings. The van der Waals surface area contributed by atoms with Crippen LogP contribution in [0.15, 0.2) is 42.5 Å². The lowest BCUT2D eigenvalue weighted by molar-refractivity contribution is -0.115. The Hall–Kier alpha value is -2.09. The zero-order valence-corrected chi connectivity index (χ0v) is 11.1. The van der Waals surface area contributed by atoms with E-state index >= 15 is 0 Å². The quantitative estimate of drug-likeness (QED) is 0.891. The molecular formula is C17H17NO. The lowest BCUT2D eigenvalue weighted by Gasteiger charge is -2.07. The maximum Gasteiger partial charge on any atom is 0.228 e. The zero-order chi connectivity index (χ0) is 13.2. The van der Waals surface area contributed by atoms with Crippen LogP contribution >= 0.6 is 0 Å². The molecule has 19 heavy (non-hydrogen) atoms. The van der Waals surface area contributed by atoms with Gasteiger partial charge in [0.15, 0.2) is 0 Å². The molecule has 1 amide bonds. The summed E-state index contributed by atoms with van der Waals surface area (Å²) in [4.78, 5) is 11.5. The number of carbonyl (C=O) groups excluding carboxylic acids is 1. The molecule has 0 atom stereocenters. The highest BCUT2D eigenvalue weighted by atomic mass is 16.1. The van der Waals surface area contributed by atoms with Gasteiger partial charge in [0.1, 0.15) is 0 Å². The number of hydrogen-bond donors (Lipinski definition) is 1. The molecule has 0 aliphatic carbocycles. The third-order valence-corrected chi connectivity index (χ3v) is 3.69. The Morgan fingerprint density at radius 1 is 1.05 bits per heavy atom. The summed E-state index contributed by atoms with van der Waals surface area (Å²) < 4.78 is 0. The molecule has 1 aliphatic rings. The van der Waals surface area contributed by atoms with E-state index in [9.17, 15) is 4.79 Å². The number of rotatable bonds is 3. The molecule has 2 aromatic rings. The molecule has 0 radical (unpaired) electrons. The molecule has 0 aromatic heterocycles. The molecule has 1 N–H and O–H groups in total. The van der Waals surface area contributed by atoms with Gasteiger partial charge in [-0.3, -0.25) is 4.79 Å². The van der Waals surface area contributed by atoms with Crippen LogP contribution in [0.1, 0.15) is 22.3 Å². The van der Waals surface area contributed by atoms with Crippen LogP contribution in [0.3, 0.4) is 0 Å². The first kappa shape index (κ1) is 12.0. The zero-order valence-electron chi connectivity index (χ0n) is 11.1. The fraction of sp³-hybridized carbons (Fsp3) is 0.235. The Morgan fingerprint density at radius 2 is 1.84 bits per heavy atom. The number of nitrogens with one attached hydrogen (secondary N) is 1. The maximum absolute atomic E-state index is 11.5. The molecule has 1 heterocycles. The molecule has 2 aromatic carbocycles. The summed E-state index contributed by atoms with van der Waals surface area (Å²) in [6.45, 7) is 2.10. The Balaban J connectivity index is 1.76. The van der Waals surface area contributed by atoms with Crippen molar-refractivity contribution < 1.29 is 4.79 Å². The summed E-state index contributed by atoms with van der Waals surface area (Å²) in [5.41, 5.74) is 6.10. The fourth-order valence-corrected chi connectivity index (χ4v) is 2.58. The van der Waals surface area contributed by atoms with Crippen LogP contribution in [0.25, 0.3) is 0 Å². The average molecular weight is 251 g/mol. The van der Waals surface area contributed by atoms with E-state index < -0.39 is 0 Å². The van der Waals surface area contributed by atoms with Crippen LogP contribution in [0.2, 0.25) is 0 Å². The van der Waals surface area contributed by atoms with Crippen LogP contribution in [-0.4, -0.2) is 5.91 Å². The van der Waals surface area contributed by atoms with Gasteiger partial charge >= 0.3 is 0 Å². The van der Waals surface area contributed by atoms with Gasteiger partial charge in [-0.1, -0.05) is 42.0 Å². The Morgan fingerprint density at radius 3 is 2.63 bits per heavy atom. The van der Waals surface area contributed by atoms with E-state index in [1.165, 1.54) is 22.3 Å². The topological polar surface area (TPSA) is 29.1 Å². The summed E-state index contributed by atoms with van der Waals surface area (Å²) in [5.74, 6) is 0.109. The molecule has 2 heteroatoms. The first-order chi connectivity index (χ1) is 9.22. The SMILES string of the molecule is Cc1ccc(CCc2cccc3c2CC(=O)N3)cc1. The molecule has 3 rings (SSSR count). The molecule has 0 spiro atoms.